The summed E-state index contributed by atoms with van der Waals surface area (Å²) in [5.74, 6) is 3.07. The fourth-order valence-corrected chi connectivity index (χ4v) is 15.8. The Kier molecular flexibility index (Phi) is 57.6. The molecule has 13 rings (SSSR count). The molecule has 1 aliphatic rings. The Morgan fingerprint density at radius 2 is 0.956 bits per heavy atom. The van der Waals surface area contributed by atoms with Gasteiger partial charge >= 0.3 is 106 Å². The van der Waals surface area contributed by atoms with Crippen molar-refractivity contribution >= 4 is 238 Å². The number of likely N-dealkylation sites (N-methyl/N-ethyl adjacent to an activating group) is 2. The number of nitriles is 1. The summed E-state index contributed by atoms with van der Waals surface area (Å²) in [7, 11) is 5.40. The molecule has 0 unspecified atom stereocenters. The number of quaternary nitrogens is 1. The molecule has 0 spiro atoms. The van der Waals surface area contributed by atoms with Gasteiger partial charge in [-0.15, -0.1) is 127 Å². The third kappa shape index (κ3) is 40.9. The van der Waals surface area contributed by atoms with Crippen molar-refractivity contribution in [3.63, 3.8) is 0 Å². The first-order valence-corrected chi connectivity index (χ1v) is 43.7. The van der Waals surface area contributed by atoms with Gasteiger partial charge in [0.2, 0.25) is 0 Å². The Morgan fingerprint density at radius 1 is 0.640 bits per heavy atom. The van der Waals surface area contributed by atoms with Crippen molar-refractivity contribution < 1.29 is 198 Å². The number of halogens is 8. The van der Waals surface area contributed by atoms with E-state index in [0.717, 1.165) is 100 Å². The largest absolute Gasteiger partial charge is 1.00 e. The first-order valence-electron chi connectivity index (χ1n) is 33.6. The van der Waals surface area contributed by atoms with Gasteiger partial charge in [0.25, 0.3) is 16.6 Å². The van der Waals surface area contributed by atoms with Crippen molar-refractivity contribution in [2.75, 3.05) is 125 Å². The van der Waals surface area contributed by atoms with Crippen LogP contribution < -0.4 is 168 Å². The van der Waals surface area contributed by atoms with Gasteiger partial charge in [-0.05, 0) is 156 Å². The van der Waals surface area contributed by atoms with E-state index in [4.69, 9.17) is 65.7 Å². The molecule has 0 radical (unpaired) electrons. The van der Waals surface area contributed by atoms with E-state index in [1.165, 1.54) is 18.3 Å². The second-order valence-electron chi connectivity index (χ2n) is 23.8. The van der Waals surface area contributed by atoms with Crippen molar-refractivity contribution in [1.82, 2.24) is 9.80 Å². The Labute approximate surface area is 824 Å². The monoisotopic (exact) mass is 2090 g/mol. The minimum atomic E-state index is -4.17. The molecule has 1 aliphatic heterocycles. The summed E-state index contributed by atoms with van der Waals surface area (Å²) in [6.45, 7) is 5.81. The molecule has 1 N–H and O–H groups in total. The van der Waals surface area contributed by atoms with Crippen LogP contribution in [0.3, 0.4) is 0 Å². The van der Waals surface area contributed by atoms with E-state index in [1.54, 1.807) is 77.5 Å². The molecular formula is C76H84BBr3Cl3FIK2N4O17S6-. The Bertz CT molecular complexity index is 5500. The van der Waals surface area contributed by atoms with Gasteiger partial charge in [0.15, 0.2) is 21.7 Å². The molecule has 4 aromatic heterocycles. The number of rotatable bonds is 16. The minimum Gasteiger partial charge on any atom is -1.00 e. The Hall–Kier alpha value is -2.55. The van der Waals surface area contributed by atoms with E-state index >= 15 is 0 Å². The molecule has 0 aliphatic carbocycles. The molecule has 114 heavy (non-hydrogen) atoms. The van der Waals surface area contributed by atoms with Crippen LogP contribution in [0.1, 0.15) is 22.6 Å². The molecule has 8 aromatic carbocycles. The molecule has 0 bridgehead atoms. The fourth-order valence-electron chi connectivity index (χ4n) is 9.63. The third-order valence-electron chi connectivity index (χ3n) is 14.7. The number of alkyl halides is 4. The topological polar surface area (TPSA) is 296 Å². The number of fused-ring (bicyclic) bond motifs is 8. The van der Waals surface area contributed by atoms with Crippen LogP contribution >= 0.6 is 127 Å². The first-order chi connectivity index (χ1) is 53.2. The van der Waals surface area contributed by atoms with Crippen LogP contribution in [-0.2, 0) is 34.1 Å². The molecule has 0 atom stereocenters. The predicted molar refractivity (Wildman–Crippen MR) is 471 cm³/mol. The number of aromatic hydroxyl groups is 1. The van der Waals surface area contributed by atoms with Gasteiger partial charge in [-0.3, -0.25) is 32.5 Å². The predicted octanol–water partition coefficient (Wildman–Crippen LogP) is 7.48. The Morgan fingerprint density at radius 3 is 1.25 bits per heavy atom. The van der Waals surface area contributed by atoms with Crippen molar-refractivity contribution in [3.05, 3.63) is 211 Å². The number of hydrogen-bond acceptors (Lipinski definition) is 24. The normalized spacial score (nSPS) is 11.4. The van der Waals surface area contributed by atoms with E-state index in [-0.39, 0.29) is 182 Å². The van der Waals surface area contributed by atoms with Crippen LogP contribution in [0, 0.1) is 11.3 Å². The van der Waals surface area contributed by atoms with E-state index < -0.39 is 27.4 Å². The maximum atomic E-state index is 12.6. The average molecular weight is 2100 g/mol. The molecule has 0 amide bonds. The fraction of sp³-hybridized carbons (Fsp3) is 0.289. The quantitative estimate of drug-likeness (QED) is 0.00936. The zero-order chi connectivity index (χ0) is 83.6. The second kappa shape index (κ2) is 60.0. The summed E-state index contributed by atoms with van der Waals surface area (Å²) in [4.78, 5) is 64.8. The van der Waals surface area contributed by atoms with Crippen molar-refractivity contribution in [3.8, 4) is 29.1 Å². The number of hydrogen-bond donors (Lipinski definition) is 1. The SMILES string of the molecule is BrB(Br)Br.CC#N.CN(C)CCCl.CN(C)CCOc1ccc2c(=O)c3ccccc3sc2c1.COc1ccc2c(=O)c3ccccc3sc2c1.C[N+](C)(CCCS(=O)(=O)[O-])CCOc1ccc2c(=O)c3ccccc3sc2c1.ClCCl.O=CO[O-].O=S1(=O)CCCO1.O=c1c2ccccc2sc2cc(O)ccc12.[2H]CF.[H-].[I-].[K+].[K+]. The van der Waals surface area contributed by atoms with Gasteiger partial charge < -0.3 is 73.7 Å². The molecule has 21 nitrogen and oxygen atoms in total. The zero-order valence-corrected chi connectivity index (χ0v) is 84.3. The molecule has 1 saturated heterocycles. The van der Waals surface area contributed by atoms with Gasteiger partial charge in [-0.2, -0.15) is 13.7 Å². The van der Waals surface area contributed by atoms with E-state index in [2.05, 4.69) is 61.2 Å². The molecule has 12 aromatic rings. The number of nitrogens with zero attached hydrogens (tertiary/aromatic N) is 4. The van der Waals surface area contributed by atoms with E-state index in [1.807, 2.05) is 187 Å². The summed E-state index contributed by atoms with van der Waals surface area (Å²) in [6.07, 6.45) is 0.984. The average Bonchev–Trinajstić information content (AvgIpc) is 1.20. The van der Waals surface area contributed by atoms with Crippen LogP contribution in [0.2, 0.25) is 0 Å². The number of benzene rings is 8. The molecule has 5 heterocycles. The second-order valence-corrected chi connectivity index (χ2v) is 39.0. The summed E-state index contributed by atoms with van der Waals surface area (Å²) >= 11 is 30.5. The smallest absolute Gasteiger partial charge is 1.00 e. The number of phenolic OH excluding ortho intramolecular Hbond substituents is 1. The van der Waals surface area contributed by atoms with E-state index in [9.17, 15) is 50.1 Å². The maximum absolute atomic E-state index is 12.6. The Balaban J connectivity index is 0. The number of carbonyl (C=O) groups is 1. The van der Waals surface area contributed by atoms with Crippen molar-refractivity contribution in [2.45, 2.75) is 19.8 Å². The number of phenols is 1. The third-order valence-corrected chi connectivity index (χ3v) is 21.6. The van der Waals surface area contributed by atoms with Crippen LogP contribution in [0.15, 0.2) is 189 Å². The molecule has 0 saturated carbocycles. The number of carbonyl (C=O) groups excluding carboxylic acids is 1. The molecular weight excluding hydrogens is 2010 g/mol. The van der Waals surface area contributed by atoms with Crippen LogP contribution in [0.4, 0.5) is 4.39 Å². The molecule has 38 heteroatoms. The summed E-state index contributed by atoms with van der Waals surface area (Å²) in [5.41, 5.74) is 0.252. The number of ether oxygens (including phenoxy) is 3. The summed E-state index contributed by atoms with van der Waals surface area (Å²) in [5, 5.41) is 31.3. The van der Waals surface area contributed by atoms with Crippen LogP contribution in [0.25, 0.3) is 80.7 Å². The van der Waals surface area contributed by atoms with Gasteiger partial charge in [-0.25, -0.2) is 8.42 Å². The van der Waals surface area contributed by atoms with Crippen LogP contribution in [-0.4, -0.2) is 176 Å². The maximum Gasteiger partial charge on any atom is 1.00 e. The van der Waals surface area contributed by atoms with Gasteiger partial charge in [-0.1, -0.05) is 48.5 Å². The standard InChI is InChI=1S/C20H23NO5S2.C17H17NO2S.C14H10O2S.C13H8O2S.C4H10ClN.C3H6O3S.C2H3N.CH2Cl2.CH3F.CH2O3.BBr3.HI.2K.H/c1-21(2,10-5-13-28(23,24)25)11-12-26-15-8-9-17-19(14-15)27-18-7-4-3-6-16(18)20(17)22;1-18(2)9-10-20-12-7-8-14-16(11-12)21-15-6-4-3-5-13(15)17(14)19;1-16-9-6-7-11-13(8-9)17-12-5-3-2-4-10(12)14(11)15;14-8-5-6-10-12(7-8)16-11-4-2-1-3-9(11)13(10)15;1-6(2)4-3-5;4-7(5)3-1-2-6-7;1-2-3;2-1-3;1-2;2-1-4-3;2-1(3)4;;;;/h3-4,6-9,14H,5,10-13H2,1-2H3;3-8,11H,9-10H2,1-2H3;2-8H,1H3;1-7,14H;3-4H2,1-2H3;1-3H2;1H3;1H2;1H3;1,3H;;1H;;;/q;;;;;;;;;;;;2*+1;-1/p-2/i;;;;;;;;1D;;;;;;. The van der Waals surface area contributed by atoms with Crippen LogP contribution in [0.5, 0.6) is 23.0 Å². The molecule has 1 fully saturated rings. The summed E-state index contributed by atoms with van der Waals surface area (Å²) < 4.78 is 97.6. The molecule has 608 valence electrons. The van der Waals surface area contributed by atoms with E-state index in [0.29, 0.717) is 66.8 Å². The number of methoxy groups -OCH3 is 1. The van der Waals surface area contributed by atoms with Gasteiger partial charge in [0.1, 0.15) is 42.8 Å². The first kappa shape index (κ1) is 109. The van der Waals surface area contributed by atoms with Crippen molar-refractivity contribution in [2.24, 2.45) is 0 Å². The van der Waals surface area contributed by atoms with Gasteiger partial charge in [0, 0.05) is 119 Å². The zero-order valence-electron chi connectivity index (χ0n) is 66.0. The minimum absolute atomic E-state index is 0. The summed E-state index contributed by atoms with van der Waals surface area (Å²) in [6, 6.07) is 53.9. The van der Waals surface area contributed by atoms with Gasteiger partial charge in [0.05, 0.1) is 70.2 Å². The van der Waals surface area contributed by atoms with Crippen molar-refractivity contribution in [1.29, 1.82) is 5.26 Å².